The van der Waals surface area contributed by atoms with Gasteiger partial charge in [0.1, 0.15) is 0 Å². The molecule has 0 radical (unpaired) electrons. The number of hydrogen-bond donors (Lipinski definition) is 0. The lowest BCUT2D eigenvalue weighted by molar-refractivity contribution is -0.192. The number of nitrogens with zero attached hydrogens (tertiary/aromatic N) is 1. The predicted octanol–water partition coefficient (Wildman–Crippen LogP) is 3.59. The van der Waals surface area contributed by atoms with Crippen molar-refractivity contribution >= 4 is 5.69 Å². The first-order valence-corrected chi connectivity index (χ1v) is 7.91. The summed E-state index contributed by atoms with van der Waals surface area (Å²) in [6.45, 7) is 4.23. The Morgan fingerprint density at radius 1 is 1.15 bits per heavy atom. The van der Waals surface area contributed by atoms with Gasteiger partial charge >= 0.3 is 0 Å². The Labute approximate surface area is 121 Å². The maximum absolute atomic E-state index is 6.14. The summed E-state index contributed by atoms with van der Waals surface area (Å²) in [6, 6.07) is 11.2. The second-order valence-electron chi connectivity index (χ2n) is 5.96. The number of piperidine rings is 1. The van der Waals surface area contributed by atoms with E-state index in [1.807, 2.05) is 0 Å². The quantitative estimate of drug-likeness (QED) is 0.841. The van der Waals surface area contributed by atoms with Crippen LogP contribution < -0.4 is 4.90 Å². The summed E-state index contributed by atoms with van der Waals surface area (Å²) in [5.41, 5.74) is 1.33. The van der Waals surface area contributed by atoms with Crippen molar-refractivity contribution < 1.29 is 9.47 Å². The number of para-hydroxylation sites is 1. The van der Waals surface area contributed by atoms with Gasteiger partial charge in [0, 0.05) is 24.9 Å². The second-order valence-corrected chi connectivity index (χ2v) is 5.96. The number of anilines is 1. The number of benzene rings is 1. The fraction of sp³-hybridized carbons (Fsp3) is 0.647. The van der Waals surface area contributed by atoms with E-state index in [1.165, 1.54) is 18.5 Å². The van der Waals surface area contributed by atoms with Crippen molar-refractivity contribution in [1.29, 1.82) is 0 Å². The number of hydrogen-bond acceptors (Lipinski definition) is 3. The normalized spacial score (nSPS) is 31.2. The Morgan fingerprint density at radius 2 is 2.00 bits per heavy atom. The molecule has 0 amide bonds. The number of rotatable bonds is 3. The Kier molecular flexibility index (Phi) is 4.58. The average molecular weight is 275 g/mol. The molecule has 0 spiro atoms. The third-order valence-corrected chi connectivity index (χ3v) is 4.40. The summed E-state index contributed by atoms with van der Waals surface area (Å²) in [6.07, 6.45) is 6.07. The van der Waals surface area contributed by atoms with Gasteiger partial charge in [-0.1, -0.05) is 18.2 Å². The van der Waals surface area contributed by atoms with Gasteiger partial charge in [0.2, 0.25) is 0 Å². The minimum absolute atomic E-state index is 0.0456. The van der Waals surface area contributed by atoms with Crippen LogP contribution in [0.5, 0.6) is 0 Å². The standard InChI is InChI=1S/C17H25NO2/c1-14-13-16(20-17-9-5-6-12-19-17)10-11-18(14)15-7-3-2-4-8-15/h2-4,7-8,14,16-17H,5-6,9-13H2,1H3/t14-,16-,17?/m0/s1. The molecule has 2 aliphatic rings. The molecule has 2 aliphatic heterocycles. The zero-order valence-corrected chi connectivity index (χ0v) is 12.3. The van der Waals surface area contributed by atoms with E-state index in [0.29, 0.717) is 12.1 Å². The molecule has 3 atom stereocenters. The van der Waals surface area contributed by atoms with Crippen LogP contribution in [-0.4, -0.2) is 31.6 Å². The summed E-state index contributed by atoms with van der Waals surface area (Å²) in [4.78, 5) is 2.49. The molecule has 0 saturated carbocycles. The van der Waals surface area contributed by atoms with E-state index in [1.54, 1.807) is 0 Å². The fourth-order valence-corrected chi connectivity index (χ4v) is 3.29. The van der Waals surface area contributed by atoms with E-state index in [2.05, 4.69) is 42.2 Å². The molecule has 1 aromatic rings. The minimum atomic E-state index is 0.0456. The Hall–Kier alpha value is -1.06. The molecule has 2 fully saturated rings. The van der Waals surface area contributed by atoms with E-state index in [9.17, 15) is 0 Å². The summed E-state index contributed by atoms with van der Waals surface area (Å²) >= 11 is 0. The highest BCUT2D eigenvalue weighted by molar-refractivity contribution is 5.47. The molecule has 20 heavy (non-hydrogen) atoms. The van der Waals surface area contributed by atoms with Crippen LogP contribution in [0.3, 0.4) is 0 Å². The van der Waals surface area contributed by atoms with Gasteiger partial charge in [-0.3, -0.25) is 0 Å². The van der Waals surface area contributed by atoms with Crippen molar-refractivity contribution in [2.75, 3.05) is 18.1 Å². The lowest BCUT2D eigenvalue weighted by atomic mass is 9.99. The van der Waals surface area contributed by atoms with Crippen molar-refractivity contribution in [3.8, 4) is 0 Å². The molecule has 1 unspecified atom stereocenters. The van der Waals surface area contributed by atoms with Crippen molar-refractivity contribution in [2.24, 2.45) is 0 Å². The Bertz CT molecular complexity index is 403. The third kappa shape index (κ3) is 3.33. The molecule has 0 aliphatic carbocycles. The van der Waals surface area contributed by atoms with E-state index >= 15 is 0 Å². The molecule has 3 rings (SSSR count). The van der Waals surface area contributed by atoms with E-state index in [-0.39, 0.29) is 6.29 Å². The molecular weight excluding hydrogens is 250 g/mol. The van der Waals surface area contributed by atoms with Crippen LogP contribution in [-0.2, 0) is 9.47 Å². The number of ether oxygens (including phenoxy) is 2. The van der Waals surface area contributed by atoms with E-state index in [4.69, 9.17) is 9.47 Å². The SMILES string of the molecule is C[C@H]1C[C@@H](OC2CCCCO2)CCN1c1ccccc1. The van der Waals surface area contributed by atoms with Crippen LogP contribution in [0.4, 0.5) is 5.69 Å². The lowest BCUT2D eigenvalue weighted by Crippen LogP contribution is -2.45. The summed E-state index contributed by atoms with van der Waals surface area (Å²) in [5.74, 6) is 0. The van der Waals surface area contributed by atoms with Crippen LogP contribution in [0.1, 0.15) is 39.0 Å². The van der Waals surface area contributed by atoms with Gasteiger partial charge in [0.05, 0.1) is 6.10 Å². The molecule has 0 N–H and O–H groups in total. The van der Waals surface area contributed by atoms with Crippen LogP contribution in [0, 0.1) is 0 Å². The molecule has 2 saturated heterocycles. The van der Waals surface area contributed by atoms with Gasteiger partial charge in [0.25, 0.3) is 0 Å². The topological polar surface area (TPSA) is 21.7 Å². The van der Waals surface area contributed by atoms with Crippen molar-refractivity contribution in [1.82, 2.24) is 0 Å². The summed E-state index contributed by atoms with van der Waals surface area (Å²) in [5, 5.41) is 0. The molecule has 110 valence electrons. The van der Waals surface area contributed by atoms with E-state index < -0.39 is 0 Å². The third-order valence-electron chi connectivity index (χ3n) is 4.40. The highest BCUT2D eigenvalue weighted by atomic mass is 16.7. The molecule has 0 aromatic heterocycles. The van der Waals surface area contributed by atoms with Gasteiger partial charge in [-0.05, 0) is 51.2 Å². The smallest absolute Gasteiger partial charge is 0.157 e. The van der Waals surface area contributed by atoms with Gasteiger partial charge in [-0.2, -0.15) is 0 Å². The second kappa shape index (κ2) is 6.59. The maximum Gasteiger partial charge on any atom is 0.157 e. The van der Waals surface area contributed by atoms with Gasteiger partial charge in [-0.15, -0.1) is 0 Å². The minimum Gasteiger partial charge on any atom is -0.369 e. The first-order chi connectivity index (χ1) is 9.83. The monoisotopic (exact) mass is 275 g/mol. The first kappa shape index (κ1) is 13.9. The Morgan fingerprint density at radius 3 is 2.70 bits per heavy atom. The molecule has 0 bridgehead atoms. The first-order valence-electron chi connectivity index (χ1n) is 7.91. The zero-order valence-electron chi connectivity index (χ0n) is 12.3. The highest BCUT2D eigenvalue weighted by Gasteiger charge is 2.28. The summed E-state index contributed by atoms with van der Waals surface area (Å²) < 4.78 is 11.8. The molecular formula is C17H25NO2. The molecule has 3 heteroatoms. The van der Waals surface area contributed by atoms with Crippen LogP contribution in [0.2, 0.25) is 0 Å². The molecule has 1 aromatic carbocycles. The highest BCUT2D eigenvalue weighted by Crippen LogP contribution is 2.27. The summed E-state index contributed by atoms with van der Waals surface area (Å²) in [7, 11) is 0. The van der Waals surface area contributed by atoms with Crippen molar-refractivity contribution in [2.45, 2.75) is 57.5 Å². The average Bonchev–Trinajstić information content (AvgIpc) is 2.49. The van der Waals surface area contributed by atoms with Gasteiger partial charge in [-0.25, -0.2) is 0 Å². The van der Waals surface area contributed by atoms with Gasteiger partial charge < -0.3 is 14.4 Å². The molecule has 3 nitrogen and oxygen atoms in total. The molecule has 2 heterocycles. The van der Waals surface area contributed by atoms with Gasteiger partial charge in [0.15, 0.2) is 6.29 Å². The van der Waals surface area contributed by atoms with Crippen LogP contribution in [0.15, 0.2) is 30.3 Å². The van der Waals surface area contributed by atoms with Crippen LogP contribution >= 0.6 is 0 Å². The van der Waals surface area contributed by atoms with Crippen molar-refractivity contribution in [3.63, 3.8) is 0 Å². The largest absolute Gasteiger partial charge is 0.369 e. The van der Waals surface area contributed by atoms with Crippen molar-refractivity contribution in [3.05, 3.63) is 30.3 Å². The van der Waals surface area contributed by atoms with Crippen LogP contribution in [0.25, 0.3) is 0 Å². The van der Waals surface area contributed by atoms with E-state index in [0.717, 1.165) is 32.4 Å². The Balaban J connectivity index is 1.54. The fourth-order valence-electron chi connectivity index (χ4n) is 3.29. The maximum atomic E-state index is 6.14. The zero-order chi connectivity index (χ0) is 13.8. The lowest BCUT2D eigenvalue weighted by Gasteiger charge is -2.40. The predicted molar refractivity (Wildman–Crippen MR) is 80.9 cm³/mol.